The van der Waals surface area contributed by atoms with Crippen LogP contribution >= 0.6 is 0 Å². The van der Waals surface area contributed by atoms with Crippen molar-refractivity contribution in [2.24, 2.45) is 10.6 Å². The van der Waals surface area contributed by atoms with E-state index in [0.717, 1.165) is 0 Å². The van der Waals surface area contributed by atoms with Crippen LogP contribution in [0, 0.1) is 5.41 Å². The van der Waals surface area contributed by atoms with Crippen LogP contribution in [0.2, 0.25) is 0 Å². The van der Waals surface area contributed by atoms with E-state index in [4.69, 9.17) is 5.14 Å². The summed E-state index contributed by atoms with van der Waals surface area (Å²) >= 11 is 0. The molecule has 0 amide bonds. The summed E-state index contributed by atoms with van der Waals surface area (Å²) in [6, 6.07) is 0. The third kappa shape index (κ3) is 3.96. The maximum atomic E-state index is 11.8. The minimum atomic E-state index is -3.81. The van der Waals surface area contributed by atoms with Crippen LogP contribution in [0.5, 0.6) is 0 Å². The lowest BCUT2D eigenvalue weighted by atomic mass is 9.83. The van der Waals surface area contributed by atoms with Crippen molar-refractivity contribution >= 4 is 10.0 Å². The number of nitrogens with two attached hydrogens (primary N) is 1. The number of hydrogen-bond donors (Lipinski definition) is 2. The lowest BCUT2D eigenvalue weighted by Crippen LogP contribution is -2.35. The monoisotopic (exact) mass is 278 g/mol. The molecule has 0 saturated carbocycles. The van der Waals surface area contributed by atoms with E-state index in [-0.39, 0.29) is 11.5 Å². The molecule has 0 aromatic heterocycles. The molecule has 0 rings (SSSR count). The highest BCUT2D eigenvalue weighted by Gasteiger charge is 2.36. The highest BCUT2D eigenvalue weighted by molar-refractivity contribution is 7.93. The third-order valence-corrected chi connectivity index (χ3v) is 4.75. The van der Waals surface area contributed by atoms with Gasteiger partial charge in [0.25, 0.3) is 0 Å². The van der Waals surface area contributed by atoms with Crippen molar-refractivity contribution < 1.29 is 13.5 Å². The largest absolute Gasteiger partial charge is 0.395 e. The van der Waals surface area contributed by atoms with E-state index in [2.05, 4.69) is 0 Å². The molecule has 3 N–H and O–H groups in total. The Morgan fingerprint density at radius 1 is 1.22 bits per heavy atom. The second-order valence-corrected chi connectivity index (χ2v) is 5.93. The molecule has 0 aromatic carbocycles. The SMILES string of the molecule is CCN(C=C(C(CC)(CC)CO)S(N)(=O)=O)CC. The second-order valence-electron chi connectivity index (χ2n) is 4.41. The predicted octanol–water partition coefficient (Wildman–Crippen LogP) is 1.26. The molecule has 0 aromatic rings. The van der Waals surface area contributed by atoms with Crippen LogP contribution in [0.25, 0.3) is 0 Å². The number of aliphatic hydroxyl groups excluding tert-OH is 1. The molecule has 18 heavy (non-hydrogen) atoms. The normalized spacial score (nSPS) is 13.8. The minimum absolute atomic E-state index is 0.131. The molecule has 0 fully saturated rings. The van der Waals surface area contributed by atoms with E-state index < -0.39 is 15.4 Å². The summed E-state index contributed by atoms with van der Waals surface area (Å²) in [4.78, 5) is 2.00. The van der Waals surface area contributed by atoms with Gasteiger partial charge in [-0.3, -0.25) is 0 Å². The highest BCUT2D eigenvalue weighted by atomic mass is 32.2. The Morgan fingerprint density at radius 2 is 1.67 bits per heavy atom. The third-order valence-electron chi connectivity index (χ3n) is 3.60. The molecule has 0 spiro atoms. The van der Waals surface area contributed by atoms with Gasteiger partial charge in [-0.25, -0.2) is 13.6 Å². The van der Waals surface area contributed by atoms with E-state index in [1.807, 2.05) is 32.6 Å². The van der Waals surface area contributed by atoms with Gasteiger partial charge in [-0.05, 0) is 26.7 Å². The van der Waals surface area contributed by atoms with Crippen molar-refractivity contribution in [2.75, 3.05) is 19.7 Å². The fourth-order valence-corrected chi connectivity index (χ4v) is 3.24. The van der Waals surface area contributed by atoms with E-state index in [1.54, 1.807) is 6.20 Å². The molecule has 0 unspecified atom stereocenters. The van der Waals surface area contributed by atoms with Gasteiger partial charge < -0.3 is 10.0 Å². The quantitative estimate of drug-likeness (QED) is 0.700. The van der Waals surface area contributed by atoms with Crippen molar-refractivity contribution in [3.63, 3.8) is 0 Å². The van der Waals surface area contributed by atoms with Gasteiger partial charge in [0.05, 0.1) is 11.5 Å². The predicted molar refractivity (Wildman–Crippen MR) is 74.2 cm³/mol. The molecule has 108 valence electrons. The fraction of sp³-hybridized carbons (Fsp3) is 0.833. The summed E-state index contributed by atoms with van der Waals surface area (Å²) < 4.78 is 23.6. The zero-order valence-corrected chi connectivity index (χ0v) is 12.6. The first-order valence-electron chi connectivity index (χ1n) is 6.41. The Labute approximate surface area is 111 Å². The van der Waals surface area contributed by atoms with Crippen molar-refractivity contribution in [3.05, 3.63) is 11.1 Å². The van der Waals surface area contributed by atoms with Gasteiger partial charge in [-0.2, -0.15) is 0 Å². The molecule has 0 aliphatic rings. The summed E-state index contributed by atoms with van der Waals surface area (Å²) in [6.07, 6.45) is 2.64. The molecule has 0 bridgehead atoms. The number of rotatable bonds is 8. The van der Waals surface area contributed by atoms with Crippen LogP contribution in [0.15, 0.2) is 11.1 Å². The van der Waals surface area contributed by atoms with E-state index >= 15 is 0 Å². The van der Waals surface area contributed by atoms with Gasteiger partial charge >= 0.3 is 0 Å². The zero-order valence-electron chi connectivity index (χ0n) is 11.8. The Balaban J connectivity index is 5.77. The Morgan fingerprint density at radius 3 is 1.89 bits per heavy atom. The first-order valence-corrected chi connectivity index (χ1v) is 7.95. The Kier molecular flexibility index (Phi) is 6.88. The van der Waals surface area contributed by atoms with Gasteiger partial charge in [0.1, 0.15) is 0 Å². The number of hydrogen-bond acceptors (Lipinski definition) is 4. The maximum absolute atomic E-state index is 11.8. The Hall–Kier alpha value is -0.590. The lowest BCUT2D eigenvalue weighted by Gasteiger charge is -2.32. The van der Waals surface area contributed by atoms with Gasteiger partial charge in [-0.1, -0.05) is 13.8 Å². The first-order chi connectivity index (χ1) is 8.31. The smallest absolute Gasteiger partial charge is 0.236 e. The fourth-order valence-electron chi connectivity index (χ4n) is 1.98. The number of nitrogens with zero attached hydrogens (tertiary/aromatic N) is 1. The molecule has 0 aliphatic heterocycles. The summed E-state index contributed by atoms with van der Waals surface area (Å²) in [5, 5.41) is 14.9. The average Bonchev–Trinajstić information content (AvgIpc) is 2.34. The van der Waals surface area contributed by atoms with Crippen molar-refractivity contribution in [1.82, 2.24) is 4.90 Å². The molecule has 0 radical (unpaired) electrons. The Bertz CT molecular complexity index is 361. The minimum Gasteiger partial charge on any atom is -0.395 e. The number of aliphatic hydroxyl groups is 1. The number of sulfonamides is 1. The molecule has 5 nitrogen and oxygen atoms in total. The molecular weight excluding hydrogens is 252 g/mol. The van der Waals surface area contributed by atoms with Gasteiger partial charge in [0, 0.05) is 24.7 Å². The maximum Gasteiger partial charge on any atom is 0.236 e. The van der Waals surface area contributed by atoms with Gasteiger partial charge in [0.2, 0.25) is 10.0 Å². The van der Waals surface area contributed by atoms with E-state index in [0.29, 0.717) is 25.9 Å². The highest BCUT2D eigenvalue weighted by Crippen LogP contribution is 2.37. The summed E-state index contributed by atoms with van der Waals surface area (Å²) in [5.74, 6) is 0. The van der Waals surface area contributed by atoms with Crippen LogP contribution in [-0.2, 0) is 10.0 Å². The average molecular weight is 278 g/mol. The van der Waals surface area contributed by atoms with Crippen molar-refractivity contribution in [1.29, 1.82) is 0 Å². The molecule has 0 saturated heterocycles. The van der Waals surface area contributed by atoms with Crippen LogP contribution in [0.3, 0.4) is 0 Å². The van der Waals surface area contributed by atoms with E-state index in [9.17, 15) is 13.5 Å². The topological polar surface area (TPSA) is 83.6 Å². The molecular formula is C12H26N2O3S. The zero-order chi connectivity index (χ0) is 14.4. The second kappa shape index (κ2) is 7.11. The van der Waals surface area contributed by atoms with Gasteiger partial charge in [0.15, 0.2) is 0 Å². The van der Waals surface area contributed by atoms with Crippen LogP contribution < -0.4 is 5.14 Å². The van der Waals surface area contributed by atoms with Crippen molar-refractivity contribution in [2.45, 2.75) is 40.5 Å². The molecule has 6 heteroatoms. The van der Waals surface area contributed by atoms with E-state index in [1.165, 1.54) is 0 Å². The molecule has 0 atom stereocenters. The van der Waals surface area contributed by atoms with Crippen LogP contribution in [0.1, 0.15) is 40.5 Å². The van der Waals surface area contributed by atoms with Crippen LogP contribution in [0.4, 0.5) is 0 Å². The van der Waals surface area contributed by atoms with Gasteiger partial charge in [-0.15, -0.1) is 0 Å². The first kappa shape index (κ1) is 17.4. The van der Waals surface area contributed by atoms with Crippen LogP contribution in [-0.4, -0.2) is 38.1 Å². The standard InChI is InChI=1S/C12H26N2O3S/c1-5-12(6-2,10-15)11(18(13,16)17)9-14(7-3)8-4/h9,15H,5-8,10H2,1-4H3,(H2,13,16,17). The molecule has 0 heterocycles. The van der Waals surface area contributed by atoms with Crippen molar-refractivity contribution in [3.8, 4) is 0 Å². The summed E-state index contributed by atoms with van der Waals surface area (Å²) in [6.45, 7) is 8.79. The summed E-state index contributed by atoms with van der Waals surface area (Å²) in [7, 11) is -3.81. The number of primary sulfonamides is 1. The summed E-state index contributed by atoms with van der Waals surface area (Å²) in [5.41, 5.74) is -0.782. The lowest BCUT2D eigenvalue weighted by molar-refractivity contribution is 0.153. The molecule has 0 aliphatic carbocycles.